The van der Waals surface area contributed by atoms with Crippen molar-refractivity contribution in [3.8, 4) is 0 Å². The van der Waals surface area contributed by atoms with Gasteiger partial charge in [-0.3, -0.25) is 4.68 Å². The van der Waals surface area contributed by atoms with E-state index < -0.39 is 11.6 Å². The van der Waals surface area contributed by atoms with E-state index in [0.29, 0.717) is 25.2 Å². The highest BCUT2D eigenvalue weighted by molar-refractivity contribution is 5.18. The van der Waals surface area contributed by atoms with Crippen LogP contribution in [0.5, 0.6) is 0 Å². The van der Waals surface area contributed by atoms with Crippen molar-refractivity contribution in [2.45, 2.75) is 13.1 Å². The number of hydrogen-bond acceptors (Lipinski definition) is 3. The van der Waals surface area contributed by atoms with Gasteiger partial charge in [0.1, 0.15) is 11.6 Å². The van der Waals surface area contributed by atoms with Crippen LogP contribution in [-0.2, 0) is 13.1 Å². The number of rotatable bonds is 5. The normalized spacial score (nSPS) is 10.7. The summed E-state index contributed by atoms with van der Waals surface area (Å²) in [6, 6.07) is 3.57. The van der Waals surface area contributed by atoms with E-state index in [9.17, 15) is 8.78 Å². The second-order valence-electron chi connectivity index (χ2n) is 3.58. The predicted molar refractivity (Wildman–Crippen MR) is 58.1 cm³/mol. The quantitative estimate of drug-likeness (QED) is 0.799. The standard InChI is InChI=1S/C11H12F2N4/c12-10-2-1-9(11(13)7-10)8-14-3-5-17-6-4-15-16-17/h1-2,4,6-7,14H,3,5,8H2. The highest BCUT2D eigenvalue weighted by atomic mass is 19.1. The van der Waals surface area contributed by atoms with Crippen LogP contribution in [-0.4, -0.2) is 21.5 Å². The van der Waals surface area contributed by atoms with Crippen molar-refractivity contribution in [2.24, 2.45) is 0 Å². The molecule has 2 aromatic rings. The number of hydrogen-bond donors (Lipinski definition) is 1. The van der Waals surface area contributed by atoms with Gasteiger partial charge in [0.15, 0.2) is 0 Å². The third kappa shape index (κ3) is 3.32. The van der Waals surface area contributed by atoms with Crippen molar-refractivity contribution in [1.29, 1.82) is 0 Å². The molecule has 0 bridgehead atoms. The predicted octanol–water partition coefficient (Wildman–Crippen LogP) is 1.35. The van der Waals surface area contributed by atoms with Crippen LogP contribution in [0.15, 0.2) is 30.6 Å². The summed E-state index contributed by atoms with van der Waals surface area (Å²) in [5.74, 6) is -1.09. The van der Waals surface area contributed by atoms with Crippen LogP contribution in [0.1, 0.15) is 5.56 Å². The molecule has 4 nitrogen and oxygen atoms in total. The molecule has 0 aliphatic rings. The van der Waals surface area contributed by atoms with Gasteiger partial charge >= 0.3 is 0 Å². The molecule has 0 amide bonds. The van der Waals surface area contributed by atoms with Gasteiger partial charge in [0.05, 0.1) is 12.7 Å². The van der Waals surface area contributed by atoms with Gasteiger partial charge < -0.3 is 5.32 Å². The molecule has 0 aliphatic carbocycles. The van der Waals surface area contributed by atoms with Crippen LogP contribution in [0.4, 0.5) is 8.78 Å². The zero-order chi connectivity index (χ0) is 12.1. The second kappa shape index (κ2) is 5.49. The Kier molecular flexibility index (Phi) is 3.77. The van der Waals surface area contributed by atoms with Gasteiger partial charge in [-0.2, -0.15) is 0 Å². The van der Waals surface area contributed by atoms with Crippen molar-refractivity contribution >= 4 is 0 Å². The molecule has 0 saturated carbocycles. The number of aromatic nitrogens is 3. The molecule has 0 radical (unpaired) electrons. The Morgan fingerprint density at radius 3 is 2.88 bits per heavy atom. The fraction of sp³-hybridized carbons (Fsp3) is 0.273. The third-order valence-electron chi connectivity index (χ3n) is 2.32. The third-order valence-corrected chi connectivity index (χ3v) is 2.32. The molecule has 1 heterocycles. The summed E-state index contributed by atoms with van der Waals surface area (Å²) in [6.45, 7) is 1.66. The van der Waals surface area contributed by atoms with Gasteiger partial charge in [-0.1, -0.05) is 11.3 Å². The largest absolute Gasteiger partial charge is 0.311 e. The van der Waals surface area contributed by atoms with Gasteiger partial charge in [-0.05, 0) is 6.07 Å². The lowest BCUT2D eigenvalue weighted by Gasteiger charge is -2.05. The van der Waals surface area contributed by atoms with Gasteiger partial charge in [0.25, 0.3) is 0 Å². The average Bonchev–Trinajstić information content (AvgIpc) is 2.79. The zero-order valence-electron chi connectivity index (χ0n) is 9.11. The van der Waals surface area contributed by atoms with E-state index in [4.69, 9.17) is 0 Å². The van der Waals surface area contributed by atoms with E-state index in [1.807, 2.05) is 0 Å². The van der Waals surface area contributed by atoms with Crippen molar-refractivity contribution < 1.29 is 8.78 Å². The van der Waals surface area contributed by atoms with Crippen molar-refractivity contribution in [3.05, 3.63) is 47.8 Å². The number of nitrogens with one attached hydrogen (secondary N) is 1. The maximum Gasteiger partial charge on any atom is 0.130 e. The van der Waals surface area contributed by atoms with Crippen LogP contribution < -0.4 is 5.32 Å². The molecule has 1 aromatic carbocycles. The molecule has 0 unspecified atom stereocenters. The molecule has 0 saturated heterocycles. The van der Waals surface area contributed by atoms with E-state index in [1.165, 1.54) is 12.1 Å². The fourth-order valence-corrected chi connectivity index (χ4v) is 1.43. The molecular formula is C11H12F2N4. The summed E-state index contributed by atoms with van der Waals surface area (Å²) in [5, 5.41) is 10.5. The molecule has 0 aliphatic heterocycles. The molecular weight excluding hydrogens is 226 g/mol. The van der Waals surface area contributed by atoms with E-state index in [2.05, 4.69) is 15.6 Å². The molecule has 2 rings (SSSR count). The van der Waals surface area contributed by atoms with Crippen LogP contribution in [0.3, 0.4) is 0 Å². The highest BCUT2D eigenvalue weighted by Crippen LogP contribution is 2.08. The first-order valence-electron chi connectivity index (χ1n) is 5.24. The summed E-state index contributed by atoms with van der Waals surface area (Å²) in [7, 11) is 0. The molecule has 90 valence electrons. The SMILES string of the molecule is Fc1ccc(CNCCn2ccnn2)c(F)c1. The summed E-state index contributed by atoms with van der Waals surface area (Å²) < 4.78 is 27.6. The fourth-order valence-electron chi connectivity index (χ4n) is 1.43. The van der Waals surface area contributed by atoms with Gasteiger partial charge in [0.2, 0.25) is 0 Å². The molecule has 0 spiro atoms. The number of benzene rings is 1. The summed E-state index contributed by atoms with van der Waals surface area (Å²) in [4.78, 5) is 0. The topological polar surface area (TPSA) is 42.7 Å². The maximum absolute atomic E-state index is 13.2. The molecule has 1 aromatic heterocycles. The first-order chi connectivity index (χ1) is 8.25. The first-order valence-corrected chi connectivity index (χ1v) is 5.24. The van der Waals surface area contributed by atoms with E-state index in [0.717, 1.165) is 6.07 Å². The Balaban J connectivity index is 1.78. The Morgan fingerprint density at radius 2 is 2.18 bits per heavy atom. The average molecular weight is 238 g/mol. The lowest BCUT2D eigenvalue weighted by molar-refractivity contribution is 0.525. The lowest BCUT2D eigenvalue weighted by atomic mass is 10.2. The Morgan fingerprint density at radius 1 is 1.29 bits per heavy atom. The Hall–Kier alpha value is -1.82. The number of nitrogens with zero attached hydrogens (tertiary/aromatic N) is 3. The van der Waals surface area contributed by atoms with Crippen LogP contribution in [0, 0.1) is 11.6 Å². The minimum atomic E-state index is -0.561. The zero-order valence-corrected chi connectivity index (χ0v) is 9.11. The summed E-state index contributed by atoms with van der Waals surface area (Å²) in [6.07, 6.45) is 3.35. The van der Waals surface area contributed by atoms with Crippen molar-refractivity contribution in [1.82, 2.24) is 20.3 Å². The van der Waals surface area contributed by atoms with Crippen molar-refractivity contribution in [2.75, 3.05) is 6.54 Å². The smallest absolute Gasteiger partial charge is 0.130 e. The lowest BCUT2D eigenvalue weighted by Crippen LogP contribution is -2.20. The molecule has 0 fully saturated rings. The minimum absolute atomic E-state index is 0.362. The number of halogens is 2. The van der Waals surface area contributed by atoms with Crippen LogP contribution >= 0.6 is 0 Å². The summed E-state index contributed by atoms with van der Waals surface area (Å²) in [5.41, 5.74) is 0.449. The monoisotopic (exact) mass is 238 g/mol. The van der Waals surface area contributed by atoms with Gasteiger partial charge in [0, 0.05) is 30.9 Å². The van der Waals surface area contributed by atoms with Crippen molar-refractivity contribution in [3.63, 3.8) is 0 Å². The van der Waals surface area contributed by atoms with E-state index in [1.54, 1.807) is 17.1 Å². The maximum atomic E-state index is 13.2. The molecule has 17 heavy (non-hydrogen) atoms. The van der Waals surface area contributed by atoms with Gasteiger partial charge in [-0.15, -0.1) is 5.10 Å². The molecule has 1 N–H and O–H groups in total. The molecule has 0 atom stereocenters. The Bertz CT molecular complexity index is 470. The molecule has 6 heteroatoms. The van der Waals surface area contributed by atoms with Crippen LogP contribution in [0.25, 0.3) is 0 Å². The minimum Gasteiger partial charge on any atom is -0.311 e. The van der Waals surface area contributed by atoms with E-state index >= 15 is 0 Å². The van der Waals surface area contributed by atoms with Gasteiger partial charge in [-0.25, -0.2) is 8.78 Å². The van der Waals surface area contributed by atoms with Crippen LogP contribution in [0.2, 0.25) is 0 Å². The highest BCUT2D eigenvalue weighted by Gasteiger charge is 2.02. The first kappa shape index (κ1) is 11.7. The second-order valence-corrected chi connectivity index (χ2v) is 3.58. The Labute approximate surface area is 97.3 Å². The van der Waals surface area contributed by atoms with E-state index in [-0.39, 0.29) is 0 Å². The summed E-state index contributed by atoms with van der Waals surface area (Å²) >= 11 is 0.